The molecule has 1 N–H and O–H groups in total. The van der Waals surface area contributed by atoms with Gasteiger partial charge in [0.1, 0.15) is 5.82 Å². The van der Waals surface area contributed by atoms with E-state index < -0.39 is 0 Å². The Morgan fingerprint density at radius 1 is 1.35 bits per heavy atom. The van der Waals surface area contributed by atoms with Crippen LogP contribution in [-0.4, -0.2) is 56.2 Å². The minimum absolute atomic E-state index is 0.156. The maximum atomic E-state index is 12.4. The van der Waals surface area contributed by atoms with Gasteiger partial charge in [-0.15, -0.1) is 0 Å². The minimum Gasteiger partial charge on any atom is -0.484 e. The Bertz CT molecular complexity index is 518. The first-order chi connectivity index (χ1) is 12.5. The third kappa shape index (κ3) is 6.92. The number of allylic oxidation sites excluding steroid dienone is 1. The highest BCUT2D eigenvalue weighted by atomic mass is 16.5. The van der Waals surface area contributed by atoms with Crippen molar-refractivity contribution < 1.29 is 14.3 Å². The third-order valence-corrected chi connectivity index (χ3v) is 4.64. The Morgan fingerprint density at radius 2 is 2.08 bits per heavy atom. The van der Waals surface area contributed by atoms with Crippen LogP contribution in [0.4, 0.5) is 0 Å². The van der Waals surface area contributed by atoms with Crippen LogP contribution in [0, 0.1) is 0 Å². The Hall–Kier alpha value is -1.66. The fourth-order valence-corrected chi connectivity index (χ4v) is 3.18. The zero-order valence-corrected chi connectivity index (χ0v) is 17.0. The number of hydrogen-bond donors (Lipinski definition) is 1. The molecule has 0 aliphatic heterocycles. The summed E-state index contributed by atoms with van der Waals surface area (Å²) in [6.07, 6.45) is 6.79. The van der Waals surface area contributed by atoms with Gasteiger partial charge in [0.05, 0.1) is 13.2 Å². The fourth-order valence-electron chi connectivity index (χ4n) is 3.18. The molecular weight excluding hydrogens is 330 g/mol. The van der Waals surface area contributed by atoms with E-state index in [1.165, 1.54) is 12.5 Å². The molecule has 0 heterocycles. The quantitative estimate of drug-likeness (QED) is 0.387. The van der Waals surface area contributed by atoms with Crippen LogP contribution in [-0.2, 0) is 14.3 Å². The van der Waals surface area contributed by atoms with Crippen LogP contribution < -0.4 is 5.32 Å². The molecule has 2 unspecified atom stereocenters. The second-order valence-electron chi connectivity index (χ2n) is 6.76. The van der Waals surface area contributed by atoms with E-state index in [4.69, 9.17) is 9.47 Å². The third-order valence-electron chi connectivity index (χ3n) is 4.64. The van der Waals surface area contributed by atoms with E-state index >= 15 is 0 Å². The van der Waals surface area contributed by atoms with Gasteiger partial charge in [-0.3, -0.25) is 9.69 Å². The Balaban J connectivity index is 2.80. The number of carbonyl (C=O) groups excluding carboxylic acids is 1. The summed E-state index contributed by atoms with van der Waals surface area (Å²) in [7, 11) is 3.37. The standard InChI is InChI=1S/C20H35N3O3/c1-7-18(26-6)22-20(15(3)4)23(19(24)8-2)13-12-21-16-10-9-11-17(14-16)25-5/h8,16-17,21H,2,7,9-14H2,1,3-6H3. The molecule has 1 aliphatic rings. The molecule has 0 radical (unpaired) electrons. The predicted molar refractivity (Wildman–Crippen MR) is 106 cm³/mol. The molecule has 6 heteroatoms. The number of methoxy groups -OCH3 is 2. The first-order valence-electron chi connectivity index (χ1n) is 9.45. The maximum absolute atomic E-state index is 12.4. The topological polar surface area (TPSA) is 63.2 Å². The molecule has 148 valence electrons. The summed E-state index contributed by atoms with van der Waals surface area (Å²) >= 11 is 0. The first-order valence-corrected chi connectivity index (χ1v) is 9.45. The fraction of sp³-hybridized carbons (Fsp3) is 0.700. The smallest absolute Gasteiger partial charge is 0.251 e. The maximum Gasteiger partial charge on any atom is 0.251 e. The Labute approximate surface area is 158 Å². The van der Waals surface area contributed by atoms with Crippen LogP contribution in [0.1, 0.15) is 52.9 Å². The van der Waals surface area contributed by atoms with Crippen LogP contribution in [0.3, 0.4) is 0 Å². The van der Waals surface area contributed by atoms with Gasteiger partial charge in [-0.2, -0.15) is 4.99 Å². The van der Waals surface area contributed by atoms with Crippen LogP contribution in [0.15, 0.2) is 29.0 Å². The van der Waals surface area contributed by atoms with Crippen LogP contribution in [0.25, 0.3) is 0 Å². The van der Waals surface area contributed by atoms with Crippen molar-refractivity contribution in [3.63, 3.8) is 0 Å². The van der Waals surface area contributed by atoms with Gasteiger partial charge in [0, 0.05) is 32.7 Å². The van der Waals surface area contributed by atoms with E-state index in [2.05, 4.69) is 16.9 Å². The van der Waals surface area contributed by atoms with E-state index in [0.717, 1.165) is 24.8 Å². The molecule has 1 aliphatic carbocycles. The minimum atomic E-state index is -0.156. The molecule has 1 fully saturated rings. The SMILES string of the molecule is C=CC(=O)N(CCNC1CCCC(OC)C1)C(N=C(CC)OC)=C(C)C. The molecule has 0 spiro atoms. The zero-order valence-electron chi connectivity index (χ0n) is 17.0. The summed E-state index contributed by atoms with van der Waals surface area (Å²) in [4.78, 5) is 18.6. The van der Waals surface area contributed by atoms with Gasteiger partial charge in [-0.05, 0) is 51.2 Å². The highest BCUT2D eigenvalue weighted by Gasteiger charge is 2.22. The number of rotatable bonds is 9. The lowest BCUT2D eigenvalue weighted by Crippen LogP contribution is -2.42. The predicted octanol–water partition coefficient (Wildman–Crippen LogP) is 3.25. The lowest BCUT2D eigenvalue weighted by Gasteiger charge is -2.30. The molecule has 0 saturated heterocycles. The van der Waals surface area contributed by atoms with Gasteiger partial charge in [0.2, 0.25) is 0 Å². The molecule has 0 aromatic heterocycles. The molecule has 1 rings (SSSR count). The number of ether oxygens (including phenoxy) is 2. The van der Waals surface area contributed by atoms with E-state index in [1.54, 1.807) is 19.1 Å². The summed E-state index contributed by atoms with van der Waals surface area (Å²) < 4.78 is 10.8. The summed E-state index contributed by atoms with van der Waals surface area (Å²) in [5.41, 5.74) is 0.959. The van der Waals surface area contributed by atoms with Gasteiger partial charge < -0.3 is 14.8 Å². The average Bonchev–Trinajstić information content (AvgIpc) is 2.66. The molecular formula is C20H35N3O3. The van der Waals surface area contributed by atoms with Crippen molar-refractivity contribution in [2.75, 3.05) is 27.3 Å². The van der Waals surface area contributed by atoms with Crippen LogP contribution in [0.5, 0.6) is 0 Å². The van der Waals surface area contributed by atoms with Crippen molar-refractivity contribution in [2.24, 2.45) is 4.99 Å². The van der Waals surface area contributed by atoms with Gasteiger partial charge in [-0.25, -0.2) is 0 Å². The van der Waals surface area contributed by atoms with E-state index in [1.807, 2.05) is 20.8 Å². The number of nitrogens with one attached hydrogen (secondary N) is 1. The number of carbonyl (C=O) groups is 1. The normalized spacial score (nSPS) is 20.4. The van der Waals surface area contributed by atoms with Gasteiger partial charge >= 0.3 is 0 Å². The molecule has 0 bridgehead atoms. The average molecular weight is 366 g/mol. The van der Waals surface area contributed by atoms with Crippen molar-refractivity contribution in [3.8, 4) is 0 Å². The van der Waals surface area contributed by atoms with E-state index in [9.17, 15) is 4.79 Å². The van der Waals surface area contributed by atoms with Crippen molar-refractivity contribution in [2.45, 2.75) is 65.0 Å². The lowest BCUT2D eigenvalue weighted by molar-refractivity contribution is -0.124. The number of aliphatic imine (C=N–C) groups is 1. The van der Waals surface area contributed by atoms with Crippen molar-refractivity contribution in [1.29, 1.82) is 0 Å². The monoisotopic (exact) mass is 365 g/mol. The van der Waals surface area contributed by atoms with Crippen LogP contribution in [0.2, 0.25) is 0 Å². The zero-order chi connectivity index (χ0) is 19.5. The van der Waals surface area contributed by atoms with Crippen molar-refractivity contribution in [1.82, 2.24) is 10.2 Å². The number of nitrogens with zero attached hydrogens (tertiary/aromatic N) is 2. The second kappa shape index (κ2) is 11.9. The van der Waals surface area contributed by atoms with Gasteiger partial charge in [-0.1, -0.05) is 13.5 Å². The van der Waals surface area contributed by atoms with E-state index in [0.29, 0.717) is 43.4 Å². The molecule has 2 atom stereocenters. The molecule has 1 saturated carbocycles. The second-order valence-corrected chi connectivity index (χ2v) is 6.76. The summed E-state index contributed by atoms with van der Waals surface area (Å²) in [5.74, 6) is 1.08. The van der Waals surface area contributed by atoms with Crippen molar-refractivity contribution >= 4 is 11.8 Å². The Kier molecular flexibility index (Phi) is 10.2. The van der Waals surface area contributed by atoms with Gasteiger partial charge in [0.25, 0.3) is 5.91 Å². The number of amides is 1. The summed E-state index contributed by atoms with van der Waals surface area (Å²) in [5, 5.41) is 3.56. The molecule has 26 heavy (non-hydrogen) atoms. The van der Waals surface area contributed by atoms with E-state index in [-0.39, 0.29) is 5.91 Å². The highest BCUT2D eigenvalue weighted by Crippen LogP contribution is 2.20. The summed E-state index contributed by atoms with van der Waals surface area (Å²) in [6.45, 7) is 10.7. The van der Waals surface area contributed by atoms with Crippen LogP contribution >= 0.6 is 0 Å². The first kappa shape index (κ1) is 22.4. The van der Waals surface area contributed by atoms with Gasteiger partial charge in [0.15, 0.2) is 5.90 Å². The Morgan fingerprint density at radius 3 is 2.62 bits per heavy atom. The molecule has 0 aromatic rings. The lowest BCUT2D eigenvalue weighted by atomic mass is 9.93. The highest BCUT2D eigenvalue weighted by molar-refractivity contribution is 5.89. The number of hydrogen-bond acceptors (Lipinski definition) is 5. The van der Waals surface area contributed by atoms with Crippen molar-refractivity contribution in [3.05, 3.63) is 24.0 Å². The largest absolute Gasteiger partial charge is 0.484 e. The molecule has 0 aromatic carbocycles. The summed E-state index contributed by atoms with van der Waals surface area (Å²) in [6, 6.07) is 0.429. The molecule has 6 nitrogen and oxygen atoms in total. The molecule has 1 amide bonds.